The van der Waals surface area contributed by atoms with E-state index in [-0.39, 0.29) is 12.6 Å². The summed E-state index contributed by atoms with van der Waals surface area (Å²) in [4.78, 5) is 0. The van der Waals surface area contributed by atoms with Gasteiger partial charge in [-0.05, 0) is 17.7 Å². The van der Waals surface area contributed by atoms with Crippen molar-refractivity contribution in [3.63, 3.8) is 0 Å². The Balaban J connectivity index is 2.83. The molecule has 1 unspecified atom stereocenters. The number of rotatable bonds is 5. The first-order valence-corrected chi connectivity index (χ1v) is 5.53. The molecule has 0 aliphatic carbocycles. The summed E-state index contributed by atoms with van der Waals surface area (Å²) >= 11 is 0. The fraction of sp³-hybridized carbons (Fsp3) is 0.385. The summed E-state index contributed by atoms with van der Waals surface area (Å²) in [5.41, 5.74) is 5.40. The highest BCUT2D eigenvalue weighted by Crippen LogP contribution is 2.30. The van der Waals surface area contributed by atoms with Crippen LogP contribution in [-0.4, -0.2) is 13.1 Å². The van der Waals surface area contributed by atoms with Crippen LogP contribution in [-0.2, 0) is 6.18 Å². The van der Waals surface area contributed by atoms with Crippen LogP contribution in [0.5, 0.6) is 0 Å². The first-order chi connectivity index (χ1) is 8.49. The minimum Gasteiger partial charge on any atom is -0.329 e. The summed E-state index contributed by atoms with van der Waals surface area (Å²) in [5, 5.41) is 3.03. The van der Waals surface area contributed by atoms with Crippen LogP contribution in [0.3, 0.4) is 0 Å². The van der Waals surface area contributed by atoms with Gasteiger partial charge in [-0.2, -0.15) is 13.2 Å². The maximum atomic E-state index is 12.6. The van der Waals surface area contributed by atoms with Crippen molar-refractivity contribution in [1.82, 2.24) is 5.32 Å². The van der Waals surface area contributed by atoms with E-state index in [9.17, 15) is 13.2 Å². The fourth-order valence-electron chi connectivity index (χ4n) is 1.59. The van der Waals surface area contributed by atoms with E-state index < -0.39 is 11.7 Å². The molecule has 18 heavy (non-hydrogen) atoms. The third kappa shape index (κ3) is 4.06. The van der Waals surface area contributed by atoms with Gasteiger partial charge in [-0.15, -0.1) is 12.3 Å². The van der Waals surface area contributed by atoms with Gasteiger partial charge in [0.2, 0.25) is 0 Å². The molecule has 98 valence electrons. The van der Waals surface area contributed by atoms with Crippen molar-refractivity contribution < 1.29 is 13.2 Å². The van der Waals surface area contributed by atoms with Crippen LogP contribution in [0.25, 0.3) is 0 Å². The number of alkyl halides is 3. The highest BCUT2D eigenvalue weighted by molar-refractivity contribution is 5.28. The van der Waals surface area contributed by atoms with Crippen molar-refractivity contribution >= 4 is 0 Å². The summed E-state index contributed by atoms with van der Waals surface area (Å²) < 4.78 is 37.7. The van der Waals surface area contributed by atoms with Crippen LogP contribution in [0.4, 0.5) is 13.2 Å². The van der Waals surface area contributed by atoms with Gasteiger partial charge in [-0.25, -0.2) is 0 Å². The molecule has 1 aromatic carbocycles. The standard InChI is InChI=1S/C13H15F3N2/c1-2-3-7-18-12(9-17)10-5-4-6-11(8-10)13(14,15)16/h1,4-6,8,12,18H,3,7,9,17H2. The molecule has 0 fully saturated rings. The third-order valence-electron chi connectivity index (χ3n) is 2.51. The topological polar surface area (TPSA) is 38.0 Å². The molecule has 0 heterocycles. The quantitative estimate of drug-likeness (QED) is 0.626. The molecule has 0 aromatic heterocycles. The lowest BCUT2D eigenvalue weighted by atomic mass is 10.0. The molecule has 1 rings (SSSR count). The van der Waals surface area contributed by atoms with E-state index in [0.29, 0.717) is 18.5 Å². The summed E-state index contributed by atoms with van der Waals surface area (Å²) in [7, 11) is 0. The van der Waals surface area contributed by atoms with Crippen LogP contribution in [0.15, 0.2) is 24.3 Å². The fourth-order valence-corrected chi connectivity index (χ4v) is 1.59. The van der Waals surface area contributed by atoms with Gasteiger partial charge < -0.3 is 11.1 Å². The molecule has 5 heteroatoms. The van der Waals surface area contributed by atoms with Gasteiger partial charge in [0.1, 0.15) is 0 Å². The second-order valence-corrected chi connectivity index (χ2v) is 3.82. The van der Waals surface area contributed by atoms with Gasteiger partial charge in [-0.3, -0.25) is 0 Å². The van der Waals surface area contributed by atoms with E-state index in [2.05, 4.69) is 11.2 Å². The molecular formula is C13H15F3N2. The Hall–Kier alpha value is -1.51. The Labute approximate surface area is 104 Å². The lowest BCUT2D eigenvalue weighted by molar-refractivity contribution is -0.137. The molecule has 0 aliphatic rings. The third-order valence-corrected chi connectivity index (χ3v) is 2.51. The van der Waals surface area contributed by atoms with Gasteiger partial charge in [0.25, 0.3) is 0 Å². The van der Waals surface area contributed by atoms with Crippen molar-refractivity contribution in [2.75, 3.05) is 13.1 Å². The van der Waals surface area contributed by atoms with Crippen LogP contribution in [0.2, 0.25) is 0 Å². The molecule has 0 bridgehead atoms. The number of nitrogens with one attached hydrogen (secondary N) is 1. The molecule has 1 aromatic rings. The first-order valence-electron chi connectivity index (χ1n) is 5.53. The van der Waals surface area contributed by atoms with E-state index in [0.717, 1.165) is 12.1 Å². The first kappa shape index (κ1) is 14.6. The minimum atomic E-state index is -4.34. The number of terminal acetylenes is 1. The number of hydrogen-bond acceptors (Lipinski definition) is 2. The number of benzene rings is 1. The molecule has 3 N–H and O–H groups in total. The van der Waals surface area contributed by atoms with Crippen LogP contribution in [0, 0.1) is 12.3 Å². The van der Waals surface area contributed by atoms with Gasteiger partial charge in [0, 0.05) is 25.6 Å². The van der Waals surface area contributed by atoms with Crippen LogP contribution < -0.4 is 11.1 Å². The zero-order valence-corrected chi connectivity index (χ0v) is 9.80. The van der Waals surface area contributed by atoms with Crippen LogP contribution in [0.1, 0.15) is 23.6 Å². The van der Waals surface area contributed by atoms with E-state index >= 15 is 0 Å². The number of nitrogens with two attached hydrogens (primary N) is 1. The number of halogens is 3. The monoisotopic (exact) mass is 256 g/mol. The van der Waals surface area contributed by atoms with E-state index in [1.807, 2.05) is 0 Å². The molecule has 0 amide bonds. The maximum absolute atomic E-state index is 12.6. The Morgan fingerprint density at radius 1 is 1.39 bits per heavy atom. The molecular weight excluding hydrogens is 241 g/mol. The van der Waals surface area contributed by atoms with Crippen molar-refractivity contribution in [3.05, 3.63) is 35.4 Å². The minimum absolute atomic E-state index is 0.214. The second-order valence-electron chi connectivity index (χ2n) is 3.82. The van der Waals surface area contributed by atoms with Crippen molar-refractivity contribution in [2.45, 2.75) is 18.6 Å². The van der Waals surface area contributed by atoms with Crippen molar-refractivity contribution in [3.8, 4) is 12.3 Å². The molecule has 1 atom stereocenters. The Bertz CT molecular complexity index is 421. The van der Waals surface area contributed by atoms with Gasteiger partial charge in [-0.1, -0.05) is 12.1 Å². The smallest absolute Gasteiger partial charge is 0.329 e. The summed E-state index contributed by atoms with van der Waals surface area (Å²) in [6.07, 6.45) is 1.28. The van der Waals surface area contributed by atoms with E-state index in [1.54, 1.807) is 6.07 Å². The Morgan fingerprint density at radius 3 is 2.67 bits per heavy atom. The van der Waals surface area contributed by atoms with Crippen LogP contribution >= 0.6 is 0 Å². The van der Waals surface area contributed by atoms with Crippen molar-refractivity contribution in [2.24, 2.45) is 5.73 Å². The highest BCUT2D eigenvalue weighted by atomic mass is 19.4. The maximum Gasteiger partial charge on any atom is 0.416 e. The average Bonchev–Trinajstić information content (AvgIpc) is 2.34. The zero-order chi connectivity index (χ0) is 13.6. The predicted octanol–water partition coefficient (Wildman–Crippen LogP) is 2.32. The van der Waals surface area contributed by atoms with Gasteiger partial charge >= 0.3 is 6.18 Å². The molecule has 0 aliphatic heterocycles. The molecule has 0 saturated heterocycles. The summed E-state index contributed by atoms with van der Waals surface area (Å²) in [6.45, 7) is 0.737. The Morgan fingerprint density at radius 2 is 2.11 bits per heavy atom. The largest absolute Gasteiger partial charge is 0.416 e. The van der Waals surface area contributed by atoms with E-state index in [4.69, 9.17) is 12.2 Å². The number of hydrogen-bond donors (Lipinski definition) is 2. The summed E-state index contributed by atoms with van der Waals surface area (Å²) in [6, 6.07) is 4.83. The molecule has 0 spiro atoms. The SMILES string of the molecule is C#CCCNC(CN)c1cccc(C(F)(F)F)c1. The predicted molar refractivity (Wildman–Crippen MR) is 64.7 cm³/mol. The molecule has 2 nitrogen and oxygen atoms in total. The lowest BCUT2D eigenvalue weighted by Crippen LogP contribution is -2.29. The van der Waals surface area contributed by atoms with E-state index in [1.165, 1.54) is 6.07 Å². The highest BCUT2D eigenvalue weighted by Gasteiger charge is 2.30. The normalized spacial score (nSPS) is 13.1. The van der Waals surface area contributed by atoms with Crippen molar-refractivity contribution in [1.29, 1.82) is 0 Å². The molecule has 0 radical (unpaired) electrons. The second kappa shape index (κ2) is 6.43. The lowest BCUT2D eigenvalue weighted by Gasteiger charge is -2.18. The zero-order valence-electron chi connectivity index (χ0n) is 9.80. The van der Waals surface area contributed by atoms with Gasteiger partial charge in [0.05, 0.1) is 5.56 Å². The van der Waals surface area contributed by atoms with Gasteiger partial charge in [0.15, 0.2) is 0 Å². The average molecular weight is 256 g/mol. The summed E-state index contributed by atoms with van der Waals surface area (Å²) in [5.74, 6) is 2.45. The molecule has 0 saturated carbocycles. The Kier molecular flexibility index (Phi) is 5.20.